The zero-order valence-electron chi connectivity index (χ0n) is 11.2. The van der Waals surface area contributed by atoms with Crippen LogP contribution in [0.4, 0.5) is 5.69 Å². The van der Waals surface area contributed by atoms with Crippen molar-refractivity contribution in [2.24, 2.45) is 0 Å². The van der Waals surface area contributed by atoms with E-state index in [0.29, 0.717) is 0 Å². The van der Waals surface area contributed by atoms with E-state index in [-0.39, 0.29) is 0 Å². The van der Waals surface area contributed by atoms with Gasteiger partial charge in [-0.05, 0) is 49.6 Å². The number of nitrogens with two attached hydrogens (primary N) is 1. The molecule has 0 aliphatic carbocycles. The Morgan fingerprint density at radius 3 is 2.44 bits per heavy atom. The first kappa shape index (κ1) is 13.1. The van der Waals surface area contributed by atoms with E-state index >= 15 is 0 Å². The molecule has 0 unspecified atom stereocenters. The van der Waals surface area contributed by atoms with Gasteiger partial charge in [0.2, 0.25) is 0 Å². The summed E-state index contributed by atoms with van der Waals surface area (Å²) in [5.41, 5.74) is 10.5. The molecule has 2 nitrogen and oxygen atoms in total. The first-order valence-corrected chi connectivity index (χ1v) is 6.99. The number of benzene rings is 1. The minimum Gasteiger partial charge on any atom is -0.399 e. The van der Waals surface area contributed by atoms with Crippen LogP contribution >= 0.6 is 11.3 Å². The molecule has 0 spiro atoms. The Balaban J connectivity index is 1.90. The SMILES string of the molecule is Cc1cc(CNCc2cc(C)c(C)s2)ccc1N. The third-order valence-electron chi connectivity index (χ3n) is 3.18. The largest absolute Gasteiger partial charge is 0.399 e. The molecule has 96 valence electrons. The van der Waals surface area contributed by atoms with Crippen molar-refractivity contribution < 1.29 is 0 Å². The average Bonchev–Trinajstić information content (AvgIpc) is 2.63. The van der Waals surface area contributed by atoms with Crippen LogP contribution in [0.25, 0.3) is 0 Å². The summed E-state index contributed by atoms with van der Waals surface area (Å²) in [7, 11) is 0. The Labute approximate surface area is 113 Å². The molecule has 0 aliphatic heterocycles. The van der Waals surface area contributed by atoms with E-state index < -0.39 is 0 Å². The Kier molecular flexibility index (Phi) is 4.04. The molecule has 0 amide bonds. The molecule has 2 rings (SSSR count). The lowest BCUT2D eigenvalue weighted by atomic mass is 10.1. The molecule has 18 heavy (non-hydrogen) atoms. The molecule has 2 aromatic rings. The van der Waals surface area contributed by atoms with Crippen molar-refractivity contribution in [3.63, 3.8) is 0 Å². The van der Waals surface area contributed by atoms with Crippen LogP contribution in [0.1, 0.15) is 26.4 Å². The van der Waals surface area contributed by atoms with E-state index in [9.17, 15) is 0 Å². The molecule has 3 heteroatoms. The van der Waals surface area contributed by atoms with Crippen molar-refractivity contribution in [1.29, 1.82) is 0 Å². The lowest BCUT2D eigenvalue weighted by Crippen LogP contribution is -2.12. The Hall–Kier alpha value is -1.32. The maximum atomic E-state index is 5.81. The van der Waals surface area contributed by atoms with Crippen LogP contribution in [0.5, 0.6) is 0 Å². The third-order valence-corrected chi connectivity index (χ3v) is 4.33. The van der Waals surface area contributed by atoms with Gasteiger partial charge in [-0.15, -0.1) is 11.3 Å². The second-order valence-electron chi connectivity index (χ2n) is 4.75. The predicted molar refractivity (Wildman–Crippen MR) is 79.9 cm³/mol. The van der Waals surface area contributed by atoms with Gasteiger partial charge in [-0.1, -0.05) is 12.1 Å². The van der Waals surface area contributed by atoms with Crippen molar-refractivity contribution in [2.45, 2.75) is 33.9 Å². The van der Waals surface area contributed by atoms with Gasteiger partial charge in [-0.2, -0.15) is 0 Å². The number of nitrogen functional groups attached to an aromatic ring is 1. The lowest BCUT2D eigenvalue weighted by Gasteiger charge is -2.06. The van der Waals surface area contributed by atoms with Crippen molar-refractivity contribution in [2.75, 3.05) is 5.73 Å². The topological polar surface area (TPSA) is 38.0 Å². The van der Waals surface area contributed by atoms with Gasteiger partial charge < -0.3 is 11.1 Å². The fourth-order valence-electron chi connectivity index (χ4n) is 1.91. The summed E-state index contributed by atoms with van der Waals surface area (Å²) < 4.78 is 0. The molecule has 1 aromatic carbocycles. The maximum Gasteiger partial charge on any atom is 0.0343 e. The molecule has 3 N–H and O–H groups in total. The van der Waals surface area contributed by atoms with Crippen molar-refractivity contribution >= 4 is 17.0 Å². The molecule has 0 saturated carbocycles. The summed E-state index contributed by atoms with van der Waals surface area (Å²) in [6, 6.07) is 8.47. The summed E-state index contributed by atoms with van der Waals surface area (Å²) in [4.78, 5) is 2.81. The highest BCUT2D eigenvalue weighted by atomic mass is 32.1. The second-order valence-corrected chi connectivity index (χ2v) is 6.09. The quantitative estimate of drug-likeness (QED) is 0.825. The van der Waals surface area contributed by atoms with Gasteiger partial charge in [0.15, 0.2) is 0 Å². The lowest BCUT2D eigenvalue weighted by molar-refractivity contribution is 0.700. The number of aryl methyl sites for hydroxylation is 3. The number of rotatable bonds is 4. The minimum atomic E-state index is 0.864. The fraction of sp³-hybridized carbons (Fsp3) is 0.333. The third kappa shape index (κ3) is 3.12. The van der Waals surface area contributed by atoms with Gasteiger partial charge in [-0.25, -0.2) is 0 Å². The van der Waals surface area contributed by atoms with Crippen LogP contribution in [0.15, 0.2) is 24.3 Å². The minimum absolute atomic E-state index is 0.864. The van der Waals surface area contributed by atoms with Gasteiger partial charge in [-0.3, -0.25) is 0 Å². The fourth-order valence-corrected chi connectivity index (χ4v) is 2.94. The number of hydrogen-bond acceptors (Lipinski definition) is 3. The Morgan fingerprint density at radius 1 is 1.06 bits per heavy atom. The summed E-state index contributed by atoms with van der Waals surface area (Å²) in [6.07, 6.45) is 0. The highest BCUT2D eigenvalue weighted by Gasteiger charge is 2.01. The monoisotopic (exact) mass is 260 g/mol. The standard InChI is InChI=1S/C15H20N2S/c1-10-7-14(18-12(10)3)9-17-8-13-4-5-15(16)11(2)6-13/h4-7,17H,8-9,16H2,1-3H3. The van der Waals surface area contributed by atoms with Crippen LogP contribution in [-0.4, -0.2) is 0 Å². The summed E-state index contributed by atoms with van der Waals surface area (Å²) >= 11 is 1.87. The first-order valence-electron chi connectivity index (χ1n) is 6.18. The predicted octanol–water partition coefficient (Wildman–Crippen LogP) is 3.55. The van der Waals surface area contributed by atoms with Crippen LogP contribution in [0, 0.1) is 20.8 Å². The number of nitrogens with one attached hydrogen (secondary N) is 1. The van der Waals surface area contributed by atoms with E-state index in [4.69, 9.17) is 5.73 Å². The van der Waals surface area contributed by atoms with Gasteiger partial charge in [0.25, 0.3) is 0 Å². The molecule has 1 aromatic heterocycles. The number of thiophene rings is 1. The summed E-state index contributed by atoms with van der Waals surface area (Å²) in [6.45, 7) is 8.20. The Bertz CT molecular complexity index is 524. The molecule has 0 atom stereocenters. The molecule has 0 fully saturated rings. The van der Waals surface area contributed by atoms with Crippen molar-refractivity contribution in [3.8, 4) is 0 Å². The molecule has 0 saturated heterocycles. The summed E-state index contributed by atoms with van der Waals surface area (Å²) in [5, 5.41) is 3.47. The van der Waals surface area contributed by atoms with E-state index in [0.717, 1.165) is 24.3 Å². The van der Waals surface area contributed by atoms with E-state index in [1.807, 2.05) is 24.3 Å². The molecular weight excluding hydrogens is 240 g/mol. The van der Waals surface area contributed by atoms with Gasteiger partial charge in [0.05, 0.1) is 0 Å². The van der Waals surface area contributed by atoms with Crippen LogP contribution in [0.3, 0.4) is 0 Å². The zero-order valence-corrected chi connectivity index (χ0v) is 12.0. The van der Waals surface area contributed by atoms with Crippen molar-refractivity contribution in [1.82, 2.24) is 5.32 Å². The average molecular weight is 260 g/mol. The van der Waals surface area contributed by atoms with Crippen LogP contribution < -0.4 is 11.1 Å². The molecule has 0 bridgehead atoms. The summed E-state index contributed by atoms with van der Waals surface area (Å²) in [5.74, 6) is 0. The van der Waals surface area contributed by atoms with E-state index in [1.54, 1.807) is 0 Å². The highest BCUT2D eigenvalue weighted by molar-refractivity contribution is 7.12. The van der Waals surface area contributed by atoms with Crippen LogP contribution in [0.2, 0.25) is 0 Å². The molecular formula is C15H20N2S. The zero-order chi connectivity index (χ0) is 13.1. The van der Waals surface area contributed by atoms with Gasteiger partial charge in [0.1, 0.15) is 0 Å². The van der Waals surface area contributed by atoms with E-state index in [1.165, 1.54) is 20.9 Å². The maximum absolute atomic E-state index is 5.81. The second kappa shape index (κ2) is 5.55. The number of anilines is 1. The van der Waals surface area contributed by atoms with Gasteiger partial charge >= 0.3 is 0 Å². The van der Waals surface area contributed by atoms with Crippen LogP contribution in [-0.2, 0) is 13.1 Å². The number of hydrogen-bond donors (Lipinski definition) is 2. The molecule has 0 aliphatic rings. The Morgan fingerprint density at radius 2 is 1.83 bits per heavy atom. The highest BCUT2D eigenvalue weighted by Crippen LogP contribution is 2.20. The molecule has 1 heterocycles. The normalized spacial score (nSPS) is 10.8. The smallest absolute Gasteiger partial charge is 0.0343 e. The van der Waals surface area contributed by atoms with Gasteiger partial charge in [0, 0.05) is 28.5 Å². The first-order chi connectivity index (χ1) is 8.56. The van der Waals surface area contributed by atoms with E-state index in [2.05, 4.69) is 37.4 Å². The van der Waals surface area contributed by atoms with Crippen molar-refractivity contribution in [3.05, 3.63) is 50.7 Å². The molecule has 0 radical (unpaired) electrons.